The third kappa shape index (κ3) is 7.87. The summed E-state index contributed by atoms with van der Waals surface area (Å²) in [6.45, 7) is -0.189. The fraction of sp³-hybridized carbons (Fsp3) is 0.571. The quantitative estimate of drug-likeness (QED) is 0.391. The topological polar surface area (TPSA) is 47.3 Å². The van der Waals surface area contributed by atoms with E-state index in [1.807, 2.05) is 18.2 Å². The lowest BCUT2D eigenvalue weighted by atomic mass is 10.0. The van der Waals surface area contributed by atoms with Crippen LogP contribution in [0.1, 0.15) is 24.8 Å². The molecule has 1 aromatic rings. The summed E-state index contributed by atoms with van der Waals surface area (Å²) in [6.07, 6.45) is 1.16. The highest BCUT2D eigenvalue weighted by Crippen LogP contribution is 2.08. The van der Waals surface area contributed by atoms with Gasteiger partial charge >= 0.3 is 0 Å². The first-order valence-corrected chi connectivity index (χ1v) is 6.58. The van der Waals surface area contributed by atoms with Gasteiger partial charge < -0.3 is 4.74 Å². The van der Waals surface area contributed by atoms with E-state index in [1.54, 1.807) is 0 Å². The molecule has 0 fully saturated rings. The number of ether oxygens (including phenoxy) is 1. The number of alkyl halides is 2. The monoisotopic (exact) mass is 272 g/mol. The molecular formula is C14H22F2N2O. The van der Waals surface area contributed by atoms with Gasteiger partial charge in [-0.1, -0.05) is 30.3 Å². The van der Waals surface area contributed by atoms with E-state index in [1.165, 1.54) is 5.56 Å². The summed E-state index contributed by atoms with van der Waals surface area (Å²) >= 11 is 0. The number of halogens is 2. The van der Waals surface area contributed by atoms with E-state index in [4.69, 9.17) is 10.6 Å². The highest BCUT2D eigenvalue weighted by Gasteiger charge is 2.08. The number of hydrogen-bond donors (Lipinski definition) is 2. The Bertz CT molecular complexity index is 322. The molecule has 0 saturated heterocycles. The summed E-state index contributed by atoms with van der Waals surface area (Å²) in [7, 11) is 0. The fourth-order valence-corrected chi connectivity index (χ4v) is 1.91. The first-order chi connectivity index (χ1) is 9.22. The van der Waals surface area contributed by atoms with Crippen molar-refractivity contribution in [1.82, 2.24) is 5.43 Å². The van der Waals surface area contributed by atoms with E-state index in [0.29, 0.717) is 13.0 Å². The predicted octanol–water partition coefficient (Wildman–Crippen LogP) is 2.51. The van der Waals surface area contributed by atoms with Gasteiger partial charge in [-0.2, -0.15) is 0 Å². The average molecular weight is 272 g/mol. The molecule has 0 aliphatic heterocycles. The minimum absolute atomic E-state index is 0.112. The van der Waals surface area contributed by atoms with Crippen LogP contribution in [0.3, 0.4) is 0 Å². The van der Waals surface area contributed by atoms with Crippen LogP contribution in [0.2, 0.25) is 0 Å². The summed E-state index contributed by atoms with van der Waals surface area (Å²) in [5.74, 6) is 5.44. The summed E-state index contributed by atoms with van der Waals surface area (Å²) in [4.78, 5) is 0. The Morgan fingerprint density at radius 3 is 2.53 bits per heavy atom. The average Bonchev–Trinajstić information content (AvgIpc) is 2.42. The Morgan fingerprint density at radius 2 is 1.89 bits per heavy atom. The lowest BCUT2D eigenvalue weighted by molar-refractivity contribution is 0.0142. The van der Waals surface area contributed by atoms with Crippen molar-refractivity contribution in [3.05, 3.63) is 35.9 Å². The van der Waals surface area contributed by atoms with Crippen LogP contribution in [-0.2, 0) is 11.2 Å². The van der Waals surface area contributed by atoms with Crippen molar-refractivity contribution >= 4 is 0 Å². The maximum atomic E-state index is 11.9. The van der Waals surface area contributed by atoms with Gasteiger partial charge in [0.25, 0.3) is 6.43 Å². The van der Waals surface area contributed by atoms with Crippen molar-refractivity contribution in [2.75, 3.05) is 13.2 Å². The molecule has 0 saturated carbocycles. The van der Waals surface area contributed by atoms with Crippen LogP contribution < -0.4 is 11.3 Å². The molecule has 1 rings (SSSR count). The molecule has 1 unspecified atom stereocenters. The highest BCUT2D eigenvalue weighted by molar-refractivity contribution is 5.14. The van der Waals surface area contributed by atoms with Gasteiger partial charge in [-0.05, 0) is 31.2 Å². The number of aryl methyl sites for hydroxylation is 1. The summed E-state index contributed by atoms with van der Waals surface area (Å²) in [6, 6.07) is 10.3. The molecule has 0 bridgehead atoms. The molecule has 1 atom stereocenters. The van der Waals surface area contributed by atoms with E-state index in [9.17, 15) is 8.78 Å². The number of hydrogen-bond acceptors (Lipinski definition) is 3. The number of nitrogens with one attached hydrogen (secondary N) is 1. The van der Waals surface area contributed by atoms with E-state index in [2.05, 4.69) is 17.6 Å². The lowest BCUT2D eigenvalue weighted by Gasteiger charge is -2.15. The molecular weight excluding hydrogens is 250 g/mol. The van der Waals surface area contributed by atoms with Gasteiger partial charge in [-0.3, -0.25) is 11.3 Å². The van der Waals surface area contributed by atoms with Gasteiger partial charge in [0.2, 0.25) is 0 Å². The molecule has 3 nitrogen and oxygen atoms in total. The number of nitrogens with two attached hydrogens (primary N) is 1. The Morgan fingerprint density at radius 1 is 1.16 bits per heavy atom. The molecule has 1 aromatic carbocycles. The van der Waals surface area contributed by atoms with Crippen LogP contribution in [0.4, 0.5) is 8.78 Å². The standard InChI is InChI=1S/C14H22F2N2O/c15-14(16)11-19-10-9-13(18-17)8-4-7-12-5-2-1-3-6-12/h1-3,5-6,13-14,18H,4,7-11,17H2. The fourth-order valence-electron chi connectivity index (χ4n) is 1.91. The molecule has 0 aliphatic rings. The molecule has 0 heterocycles. The molecule has 0 spiro atoms. The smallest absolute Gasteiger partial charge is 0.261 e. The maximum absolute atomic E-state index is 11.9. The minimum Gasteiger partial charge on any atom is -0.375 e. The van der Waals surface area contributed by atoms with Crippen molar-refractivity contribution in [2.24, 2.45) is 5.84 Å². The van der Waals surface area contributed by atoms with Crippen LogP contribution in [0, 0.1) is 0 Å². The van der Waals surface area contributed by atoms with Crippen molar-refractivity contribution in [1.29, 1.82) is 0 Å². The summed E-state index contributed by atoms with van der Waals surface area (Å²) < 4.78 is 28.6. The molecule has 0 amide bonds. The largest absolute Gasteiger partial charge is 0.375 e. The van der Waals surface area contributed by atoms with E-state index in [-0.39, 0.29) is 6.04 Å². The van der Waals surface area contributed by atoms with Crippen LogP contribution in [-0.4, -0.2) is 25.7 Å². The summed E-state index contributed by atoms with van der Waals surface area (Å²) in [5.41, 5.74) is 4.01. The third-order valence-corrected chi connectivity index (χ3v) is 2.95. The third-order valence-electron chi connectivity index (χ3n) is 2.95. The van der Waals surface area contributed by atoms with Crippen molar-refractivity contribution in [2.45, 2.75) is 38.2 Å². The number of benzene rings is 1. The van der Waals surface area contributed by atoms with Crippen molar-refractivity contribution < 1.29 is 13.5 Å². The van der Waals surface area contributed by atoms with E-state index >= 15 is 0 Å². The van der Waals surface area contributed by atoms with Gasteiger partial charge in [0.05, 0.1) is 0 Å². The Labute approximate surface area is 113 Å². The highest BCUT2D eigenvalue weighted by atomic mass is 19.3. The normalized spacial score (nSPS) is 12.8. The van der Waals surface area contributed by atoms with Crippen molar-refractivity contribution in [3.8, 4) is 0 Å². The maximum Gasteiger partial charge on any atom is 0.261 e. The van der Waals surface area contributed by atoms with Gasteiger partial charge in [-0.25, -0.2) is 8.78 Å². The zero-order chi connectivity index (χ0) is 13.9. The van der Waals surface area contributed by atoms with Gasteiger partial charge in [0, 0.05) is 12.6 Å². The lowest BCUT2D eigenvalue weighted by Crippen LogP contribution is -2.36. The second-order valence-electron chi connectivity index (χ2n) is 4.50. The molecule has 0 radical (unpaired) electrons. The van der Waals surface area contributed by atoms with Crippen LogP contribution in [0.25, 0.3) is 0 Å². The van der Waals surface area contributed by atoms with Crippen LogP contribution >= 0.6 is 0 Å². The Kier molecular flexibility index (Phi) is 8.29. The SMILES string of the molecule is NNC(CCCc1ccccc1)CCOCC(F)F. The Balaban J connectivity index is 2.11. The first-order valence-electron chi connectivity index (χ1n) is 6.58. The van der Waals surface area contributed by atoms with Crippen molar-refractivity contribution in [3.63, 3.8) is 0 Å². The molecule has 3 N–H and O–H groups in total. The molecule has 108 valence electrons. The van der Waals surface area contributed by atoms with Crippen LogP contribution in [0.5, 0.6) is 0 Å². The van der Waals surface area contributed by atoms with Gasteiger partial charge in [0.15, 0.2) is 0 Å². The number of hydrazine groups is 1. The van der Waals surface area contributed by atoms with E-state index in [0.717, 1.165) is 19.3 Å². The van der Waals surface area contributed by atoms with E-state index < -0.39 is 13.0 Å². The Hall–Kier alpha value is -1.04. The molecule has 5 heteroatoms. The van der Waals surface area contributed by atoms with Crippen LogP contribution in [0.15, 0.2) is 30.3 Å². The molecule has 0 aliphatic carbocycles. The first kappa shape index (κ1) is 16.0. The van der Waals surface area contributed by atoms with Gasteiger partial charge in [-0.15, -0.1) is 0 Å². The zero-order valence-electron chi connectivity index (χ0n) is 11.0. The number of rotatable bonds is 10. The molecule has 0 aromatic heterocycles. The summed E-state index contributed by atoms with van der Waals surface area (Å²) in [5, 5.41) is 0. The zero-order valence-corrected chi connectivity index (χ0v) is 11.0. The second-order valence-corrected chi connectivity index (χ2v) is 4.50. The molecule has 19 heavy (non-hydrogen) atoms. The second kappa shape index (κ2) is 9.83. The minimum atomic E-state index is -2.40. The predicted molar refractivity (Wildman–Crippen MR) is 71.9 cm³/mol. The van der Waals surface area contributed by atoms with Gasteiger partial charge in [0.1, 0.15) is 6.61 Å².